The minimum absolute atomic E-state index is 0.00936. The molecule has 0 aliphatic heterocycles. The van der Waals surface area contributed by atoms with Gasteiger partial charge in [0.25, 0.3) is 0 Å². The third-order valence-electron chi connectivity index (χ3n) is 6.03. The van der Waals surface area contributed by atoms with Crippen LogP contribution in [0.3, 0.4) is 0 Å². The first-order valence-electron chi connectivity index (χ1n) is 8.68. The van der Waals surface area contributed by atoms with Crippen molar-refractivity contribution in [3.63, 3.8) is 0 Å². The van der Waals surface area contributed by atoms with Crippen molar-refractivity contribution in [3.8, 4) is 0 Å². The topological polar surface area (TPSA) is 68.3 Å². The molecule has 4 heteroatoms. The van der Waals surface area contributed by atoms with Gasteiger partial charge in [-0.3, -0.25) is 19.2 Å². The highest BCUT2D eigenvalue weighted by molar-refractivity contribution is 6.03. The number of hydrogen-bond donors (Lipinski definition) is 0. The lowest BCUT2D eigenvalue weighted by atomic mass is 9.73. The van der Waals surface area contributed by atoms with E-state index in [1.165, 1.54) is 0 Å². The van der Waals surface area contributed by atoms with Gasteiger partial charge in [0.05, 0.1) is 0 Å². The van der Waals surface area contributed by atoms with Crippen LogP contribution in [0.15, 0.2) is 12.2 Å². The summed E-state index contributed by atoms with van der Waals surface area (Å²) in [6.07, 6.45) is 0.782. The van der Waals surface area contributed by atoms with Crippen LogP contribution in [0.25, 0.3) is 0 Å². The Kier molecular flexibility index (Phi) is 4.73. The molecule has 3 atom stereocenters. The van der Waals surface area contributed by atoms with Gasteiger partial charge in [-0.05, 0) is 17.4 Å². The van der Waals surface area contributed by atoms with Crippen LogP contribution < -0.4 is 0 Å². The average molecular weight is 332 g/mol. The summed E-state index contributed by atoms with van der Waals surface area (Å²) in [7, 11) is 0. The van der Waals surface area contributed by atoms with E-state index in [1.54, 1.807) is 27.7 Å². The summed E-state index contributed by atoms with van der Waals surface area (Å²) in [6.45, 7) is 12.9. The Morgan fingerprint density at radius 3 is 1.96 bits per heavy atom. The van der Waals surface area contributed by atoms with E-state index in [1.807, 2.05) is 6.92 Å². The van der Waals surface area contributed by atoms with Gasteiger partial charge in [-0.15, -0.1) is 0 Å². The van der Waals surface area contributed by atoms with Gasteiger partial charge >= 0.3 is 0 Å². The number of allylic oxidation sites excluding steroid dienone is 1. The third-order valence-corrected chi connectivity index (χ3v) is 6.03. The first kappa shape index (κ1) is 18.8. The quantitative estimate of drug-likeness (QED) is 0.545. The molecular formula is C20H28O4. The molecule has 2 aliphatic carbocycles. The van der Waals surface area contributed by atoms with E-state index in [-0.39, 0.29) is 60.7 Å². The molecule has 0 saturated heterocycles. The molecule has 24 heavy (non-hydrogen) atoms. The third kappa shape index (κ3) is 3.28. The van der Waals surface area contributed by atoms with Crippen LogP contribution in [0, 0.1) is 28.6 Å². The van der Waals surface area contributed by atoms with Crippen LogP contribution >= 0.6 is 0 Å². The Balaban J connectivity index is 2.42. The fraction of sp³-hybridized carbons (Fsp3) is 0.700. The summed E-state index contributed by atoms with van der Waals surface area (Å²) in [4.78, 5) is 50.3. The lowest BCUT2D eigenvalue weighted by molar-refractivity contribution is -0.131. The van der Waals surface area contributed by atoms with Crippen molar-refractivity contribution in [2.45, 2.75) is 60.3 Å². The highest BCUT2D eigenvalue weighted by Gasteiger charge is 2.47. The maximum Gasteiger partial charge on any atom is 0.159 e. The van der Waals surface area contributed by atoms with Crippen LogP contribution in [-0.4, -0.2) is 23.1 Å². The van der Waals surface area contributed by atoms with Crippen molar-refractivity contribution in [2.24, 2.45) is 28.6 Å². The zero-order valence-corrected chi connectivity index (χ0v) is 15.4. The molecule has 3 unspecified atom stereocenters. The standard InChI is InChI=1S/C20H28O4/c1-11-13(7-17(23)19(3,4)9-15(11)21)14-8-18(24)20(5,6)10-16(22)12(14)2/h12-14H,1,7-10H2,2-6H3. The Morgan fingerprint density at radius 2 is 1.38 bits per heavy atom. The van der Waals surface area contributed by atoms with E-state index in [0.29, 0.717) is 5.57 Å². The second-order valence-electron chi connectivity index (χ2n) is 8.85. The number of ketones is 4. The molecule has 0 aromatic carbocycles. The molecule has 2 aliphatic rings. The highest BCUT2D eigenvalue weighted by atomic mass is 16.1. The molecule has 2 saturated carbocycles. The molecule has 2 rings (SSSR count). The lowest BCUT2D eigenvalue weighted by Gasteiger charge is -2.29. The van der Waals surface area contributed by atoms with Gasteiger partial charge in [-0.2, -0.15) is 0 Å². The largest absolute Gasteiger partial charge is 0.299 e. The van der Waals surface area contributed by atoms with Gasteiger partial charge in [0.2, 0.25) is 0 Å². The molecule has 0 N–H and O–H groups in total. The van der Waals surface area contributed by atoms with E-state index in [2.05, 4.69) is 6.58 Å². The number of hydrogen-bond acceptors (Lipinski definition) is 4. The van der Waals surface area contributed by atoms with Crippen molar-refractivity contribution in [1.29, 1.82) is 0 Å². The van der Waals surface area contributed by atoms with Crippen molar-refractivity contribution in [1.82, 2.24) is 0 Å². The first-order chi connectivity index (χ1) is 10.9. The van der Waals surface area contributed by atoms with Crippen LogP contribution in [0.4, 0.5) is 0 Å². The Morgan fingerprint density at radius 1 is 0.875 bits per heavy atom. The molecule has 0 spiro atoms. The summed E-state index contributed by atoms with van der Waals surface area (Å²) >= 11 is 0. The van der Waals surface area contributed by atoms with E-state index in [9.17, 15) is 19.2 Å². The number of Topliss-reactive ketones (excluding diaryl/α,β-unsaturated/α-hetero) is 4. The van der Waals surface area contributed by atoms with Crippen LogP contribution in [0.5, 0.6) is 0 Å². The summed E-state index contributed by atoms with van der Waals surface area (Å²) in [5.41, 5.74) is -0.985. The molecule has 2 fully saturated rings. The molecular weight excluding hydrogens is 304 g/mol. The zero-order valence-electron chi connectivity index (χ0n) is 15.4. The summed E-state index contributed by atoms with van der Waals surface area (Å²) in [6, 6.07) is 0. The Labute approximate surface area is 144 Å². The van der Waals surface area contributed by atoms with Crippen LogP contribution in [0.1, 0.15) is 60.3 Å². The van der Waals surface area contributed by atoms with Gasteiger partial charge in [-0.25, -0.2) is 0 Å². The van der Waals surface area contributed by atoms with Gasteiger partial charge in [0.15, 0.2) is 5.78 Å². The minimum atomic E-state index is -0.712. The lowest BCUT2D eigenvalue weighted by Crippen LogP contribution is -2.31. The minimum Gasteiger partial charge on any atom is -0.299 e. The van der Waals surface area contributed by atoms with Crippen molar-refractivity contribution in [2.75, 3.05) is 0 Å². The maximum atomic E-state index is 12.6. The molecule has 0 bridgehead atoms. The van der Waals surface area contributed by atoms with Crippen LogP contribution in [-0.2, 0) is 19.2 Å². The van der Waals surface area contributed by atoms with E-state index in [0.717, 1.165) is 0 Å². The summed E-state index contributed by atoms with van der Waals surface area (Å²) in [5.74, 6) is -1.13. The van der Waals surface area contributed by atoms with Gasteiger partial charge < -0.3 is 0 Å². The summed E-state index contributed by atoms with van der Waals surface area (Å²) in [5, 5.41) is 0. The van der Waals surface area contributed by atoms with Crippen molar-refractivity contribution < 1.29 is 19.2 Å². The molecule has 0 heterocycles. The van der Waals surface area contributed by atoms with Gasteiger partial charge in [-0.1, -0.05) is 41.2 Å². The van der Waals surface area contributed by atoms with E-state index < -0.39 is 16.7 Å². The predicted molar refractivity (Wildman–Crippen MR) is 91.3 cm³/mol. The Hall–Kier alpha value is -1.58. The van der Waals surface area contributed by atoms with Crippen molar-refractivity contribution >= 4 is 23.1 Å². The Bertz CT molecular complexity index is 624. The van der Waals surface area contributed by atoms with E-state index >= 15 is 0 Å². The zero-order chi connectivity index (χ0) is 18.4. The number of carbonyl (C=O) groups is 4. The monoisotopic (exact) mass is 332 g/mol. The average Bonchev–Trinajstić information content (AvgIpc) is 2.57. The normalized spacial score (nSPS) is 34.0. The fourth-order valence-electron chi connectivity index (χ4n) is 3.92. The van der Waals surface area contributed by atoms with E-state index in [4.69, 9.17) is 0 Å². The van der Waals surface area contributed by atoms with Crippen molar-refractivity contribution in [3.05, 3.63) is 12.2 Å². The maximum absolute atomic E-state index is 12.6. The van der Waals surface area contributed by atoms with Gasteiger partial charge in [0.1, 0.15) is 17.3 Å². The molecule has 4 nitrogen and oxygen atoms in total. The number of rotatable bonds is 1. The first-order valence-corrected chi connectivity index (χ1v) is 8.68. The van der Waals surface area contributed by atoms with Gasteiger partial charge in [0, 0.05) is 42.4 Å². The van der Waals surface area contributed by atoms with Crippen LogP contribution in [0.2, 0.25) is 0 Å². The summed E-state index contributed by atoms with van der Waals surface area (Å²) < 4.78 is 0. The molecule has 0 aromatic rings. The smallest absolute Gasteiger partial charge is 0.159 e. The fourth-order valence-corrected chi connectivity index (χ4v) is 3.92. The SMILES string of the molecule is C=C1C(=O)CC(C)(C)C(=O)CC1C1CC(=O)C(C)(C)CC(=O)C1C. The highest BCUT2D eigenvalue weighted by Crippen LogP contribution is 2.44. The molecule has 0 aromatic heterocycles. The predicted octanol–water partition coefficient (Wildman–Crippen LogP) is 3.33. The molecule has 0 amide bonds. The molecule has 0 radical (unpaired) electrons. The second-order valence-corrected chi connectivity index (χ2v) is 8.85. The second kappa shape index (κ2) is 6.05. The molecule has 132 valence electrons. The number of carbonyl (C=O) groups excluding carboxylic acids is 4.